The molecule has 0 unspecified atom stereocenters. The molecule has 0 atom stereocenters. The quantitative estimate of drug-likeness (QED) is 0.492. The van der Waals surface area contributed by atoms with Gasteiger partial charge >= 0.3 is 0 Å². The SMILES string of the molecule is CCC[CH]/C=C/CCCC. The largest absolute Gasteiger partial charge is 0.0882 e. The highest BCUT2D eigenvalue weighted by atomic mass is 13.9. The van der Waals surface area contributed by atoms with Crippen LogP contribution < -0.4 is 0 Å². The van der Waals surface area contributed by atoms with E-state index in [1.807, 2.05) is 0 Å². The zero-order chi connectivity index (χ0) is 7.66. The molecule has 0 heteroatoms. The topological polar surface area (TPSA) is 0 Å². The lowest BCUT2D eigenvalue weighted by molar-refractivity contribution is 0.813. The fraction of sp³-hybridized carbons (Fsp3) is 0.700. The van der Waals surface area contributed by atoms with Crippen LogP contribution >= 0.6 is 0 Å². The molecule has 0 aliphatic rings. The van der Waals surface area contributed by atoms with E-state index < -0.39 is 0 Å². The van der Waals surface area contributed by atoms with E-state index in [-0.39, 0.29) is 0 Å². The Bertz CT molecular complexity index is 62.1. The smallest absolute Gasteiger partial charge is 0.0171 e. The van der Waals surface area contributed by atoms with Crippen LogP contribution in [0.5, 0.6) is 0 Å². The summed E-state index contributed by atoms with van der Waals surface area (Å²) in [6.45, 7) is 4.43. The van der Waals surface area contributed by atoms with E-state index in [2.05, 4.69) is 32.4 Å². The second-order valence-corrected chi connectivity index (χ2v) is 2.59. The fourth-order valence-electron chi connectivity index (χ4n) is 0.777. The van der Waals surface area contributed by atoms with Gasteiger partial charge in [-0.25, -0.2) is 0 Å². The molecule has 0 spiro atoms. The number of hydrogen-bond acceptors (Lipinski definition) is 0. The molecule has 0 saturated heterocycles. The second kappa shape index (κ2) is 8.74. The van der Waals surface area contributed by atoms with Crippen LogP contribution in [0.3, 0.4) is 0 Å². The molecular weight excluding hydrogens is 120 g/mol. The Balaban J connectivity index is 2.89. The van der Waals surface area contributed by atoms with Gasteiger partial charge in [-0.3, -0.25) is 0 Å². The van der Waals surface area contributed by atoms with E-state index in [9.17, 15) is 0 Å². The van der Waals surface area contributed by atoms with Gasteiger partial charge in [0.1, 0.15) is 0 Å². The Kier molecular flexibility index (Phi) is 8.51. The van der Waals surface area contributed by atoms with E-state index >= 15 is 0 Å². The first-order valence-electron chi connectivity index (χ1n) is 4.40. The van der Waals surface area contributed by atoms with Crippen LogP contribution in [0.25, 0.3) is 0 Å². The maximum absolute atomic E-state index is 2.26. The van der Waals surface area contributed by atoms with E-state index in [4.69, 9.17) is 0 Å². The monoisotopic (exact) mass is 139 g/mol. The van der Waals surface area contributed by atoms with Gasteiger partial charge in [0.2, 0.25) is 0 Å². The van der Waals surface area contributed by atoms with E-state index in [1.165, 1.54) is 32.1 Å². The third kappa shape index (κ3) is 7.74. The lowest BCUT2D eigenvalue weighted by atomic mass is 10.2. The van der Waals surface area contributed by atoms with Crippen molar-refractivity contribution in [1.82, 2.24) is 0 Å². The normalized spacial score (nSPS) is 11.0. The van der Waals surface area contributed by atoms with Crippen molar-refractivity contribution in [3.8, 4) is 0 Å². The molecule has 0 aliphatic carbocycles. The molecule has 0 bridgehead atoms. The van der Waals surface area contributed by atoms with Crippen LogP contribution in [-0.2, 0) is 0 Å². The predicted molar refractivity (Wildman–Crippen MR) is 47.9 cm³/mol. The third-order valence-corrected chi connectivity index (χ3v) is 1.45. The van der Waals surface area contributed by atoms with Crippen LogP contribution in [0.4, 0.5) is 0 Å². The molecule has 0 saturated carbocycles. The average Bonchev–Trinajstić information content (AvgIpc) is 1.97. The van der Waals surface area contributed by atoms with Crippen LogP contribution in [0.2, 0.25) is 0 Å². The minimum atomic E-state index is 1.22. The molecule has 0 amide bonds. The minimum absolute atomic E-state index is 1.22. The Morgan fingerprint density at radius 3 is 2.40 bits per heavy atom. The lowest BCUT2D eigenvalue weighted by Crippen LogP contribution is -1.70. The molecule has 0 rings (SSSR count). The first-order chi connectivity index (χ1) is 4.91. The summed E-state index contributed by atoms with van der Waals surface area (Å²) in [6.07, 6.45) is 13.1. The van der Waals surface area contributed by atoms with Crippen LogP contribution in [-0.4, -0.2) is 0 Å². The van der Waals surface area contributed by atoms with Crippen molar-refractivity contribution >= 4 is 0 Å². The highest BCUT2D eigenvalue weighted by Gasteiger charge is 1.79. The van der Waals surface area contributed by atoms with Crippen molar-refractivity contribution in [3.63, 3.8) is 0 Å². The first-order valence-corrected chi connectivity index (χ1v) is 4.40. The Morgan fingerprint density at radius 1 is 1.00 bits per heavy atom. The minimum Gasteiger partial charge on any atom is -0.0882 e. The van der Waals surface area contributed by atoms with Gasteiger partial charge in [0.25, 0.3) is 0 Å². The maximum Gasteiger partial charge on any atom is -0.0171 e. The second-order valence-electron chi connectivity index (χ2n) is 2.59. The van der Waals surface area contributed by atoms with Crippen molar-refractivity contribution in [2.75, 3.05) is 0 Å². The van der Waals surface area contributed by atoms with Crippen molar-refractivity contribution in [2.45, 2.75) is 46.0 Å². The molecule has 0 fully saturated rings. The standard InChI is InChI=1S/C10H19/c1-3-5-7-9-10-8-6-4-2/h7,9-10H,3-6,8H2,1-2H3/b10-9+. The summed E-state index contributed by atoms with van der Waals surface area (Å²) in [6, 6.07) is 0. The summed E-state index contributed by atoms with van der Waals surface area (Å²) < 4.78 is 0. The molecule has 0 nitrogen and oxygen atoms in total. The Morgan fingerprint density at radius 2 is 1.80 bits per heavy atom. The summed E-state index contributed by atoms with van der Waals surface area (Å²) in [4.78, 5) is 0. The zero-order valence-electron chi connectivity index (χ0n) is 7.27. The van der Waals surface area contributed by atoms with Crippen molar-refractivity contribution in [3.05, 3.63) is 18.6 Å². The van der Waals surface area contributed by atoms with E-state index in [0.717, 1.165) is 0 Å². The fourth-order valence-corrected chi connectivity index (χ4v) is 0.777. The van der Waals surface area contributed by atoms with Crippen molar-refractivity contribution in [2.24, 2.45) is 0 Å². The molecular formula is C10H19. The van der Waals surface area contributed by atoms with Gasteiger partial charge in [0.05, 0.1) is 0 Å². The molecule has 10 heavy (non-hydrogen) atoms. The summed E-state index contributed by atoms with van der Waals surface area (Å²) in [5.41, 5.74) is 0. The zero-order valence-corrected chi connectivity index (χ0v) is 7.27. The van der Waals surface area contributed by atoms with E-state index in [0.29, 0.717) is 0 Å². The first kappa shape index (κ1) is 9.74. The van der Waals surface area contributed by atoms with Crippen molar-refractivity contribution < 1.29 is 0 Å². The molecule has 0 aliphatic heterocycles. The number of allylic oxidation sites excluding steroid dienone is 2. The van der Waals surface area contributed by atoms with Crippen molar-refractivity contribution in [1.29, 1.82) is 0 Å². The van der Waals surface area contributed by atoms with E-state index in [1.54, 1.807) is 0 Å². The molecule has 0 N–H and O–H groups in total. The highest BCUT2D eigenvalue weighted by molar-refractivity contribution is 4.93. The Hall–Kier alpha value is -0.260. The van der Waals surface area contributed by atoms with Gasteiger partial charge in [-0.2, -0.15) is 0 Å². The molecule has 0 heterocycles. The lowest BCUT2D eigenvalue weighted by Gasteiger charge is -1.89. The predicted octanol–water partition coefficient (Wildman–Crippen LogP) is 3.74. The van der Waals surface area contributed by atoms with Crippen LogP contribution in [0.1, 0.15) is 46.0 Å². The van der Waals surface area contributed by atoms with Gasteiger partial charge in [-0.1, -0.05) is 45.3 Å². The maximum atomic E-state index is 2.26. The summed E-state index contributed by atoms with van der Waals surface area (Å²) in [5.74, 6) is 0. The van der Waals surface area contributed by atoms with Gasteiger partial charge in [-0.15, -0.1) is 0 Å². The van der Waals surface area contributed by atoms with Gasteiger partial charge in [0, 0.05) is 0 Å². The third-order valence-electron chi connectivity index (χ3n) is 1.45. The molecule has 1 radical (unpaired) electrons. The van der Waals surface area contributed by atoms with Gasteiger partial charge < -0.3 is 0 Å². The number of unbranched alkanes of at least 4 members (excludes halogenated alkanes) is 4. The van der Waals surface area contributed by atoms with Gasteiger partial charge in [-0.05, 0) is 19.3 Å². The average molecular weight is 139 g/mol. The van der Waals surface area contributed by atoms with Crippen LogP contribution in [0, 0.1) is 6.42 Å². The summed E-state index contributed by atoms with van der Waals surface area (Å²) >= 11 is 0. The molecule has 59 valence electrons. The van der Waals surface area contributed by atoms with Gasteiger partial charge in [0.15, 0.2) is 0 Å². The molecule has 0 aromatic rings. The summed E-state index contributed by atoms with van der Waals surface area (Å²) in [7, 11) is 0. The molecule has 0 aromatic carbocycles. The highest BCUT2D eigenvalue weighted by Crippen LogP contribution is 1.98. The molecule has 0 aromatic heterocycles. The van der Waals surface area contributed by atoms with Crippen LogP contribution in [0.15, 0.2) is 12.2 Å². The summed E-state index contributed by atoms with van der Waals surface area (Å²) in [5, 5.41) is 0. The number of hydrogen-bond donors (Lipinski definition) is 0. The Labute approximate surface area is 65.3 Å². The number of rotatable bonds is 6.